The van der Waals surface area contributed by atoms with Crippen molar-refractivity contribution in [1.29, 1.82) is 0 Å². The van der Waals surface area contributed by atoms with Crippen molar-refractivity contribution < 1.29 is 13.2 Å². The fourth-order valence-electron chi connectivity index (χ4n) is 1.89. The normalized spacial score (nSPS) is 11.5. The maximum Gasteiger partial charge on any atom is 0.417 e. The molecule has 0 radical (unpaired) electrons. The van der Waals surface area contributed by atoms with Crippen LogP contribution in [0.25, 0.3) is 11.4 Å². The van der Waals surface area contributed by atoms with Crippen LogP contribution in [0.3, 0.4) is 0 Å². The summed E-state index contributed by atoms with van der Waals surface area (Å²) in [7, 11) is 0. The second-order valence-corrected chi connectivity index (χ2v) is 5.45. The number of hydrogen-bond acceptors (Lipinski definition) is 3. The van der Waals surface area contributed by atoms with Crippen LogP contribution in [0.5, 0.6) is 0 Å². The van der Waals surface area contributed by atoms with Gasteiger partial charge in [-0.05, 0) is 42.5 Å². The SMILES string of the molecule is CCNc1nc(-c2ccccc2C(F)(F)F)nc(C)c1I. The van der Waals surface area contributed by atoms with Crippen LogP contribution in [0.2, 0.25) is 0 Å². The van der Waals surface area contributed by atoms with Gasteiger partial charge in [-0.15, -0.1) is 0 Å². The molecule has 2 aromatic rings. The quantitative estimate of drug-likeness (QED) is 0.762. The molecule has 0 atom stereocenters. The fraction of sp³-hybridized carbons (Fsp3) is 0.286. The van der Waals surface area contributed by atoms with E-state index in [1.165, 1.54) is 12.1 Å². The average Bonchev–Trinajstić information content (AvgIpc) is 2.43. The molecule has 21 heavy (non-hydrogen) atoms. The third-order valence-electron chi connectivity index (χ3n) is 2.83. The maximum atomic E-state index is 13.1. The highest BCUT2D eigenvalue weighted by molar-refractivity contribution is 14.1. The van der Waals surface area contributed by atoms with Gasteiger partial charge in [-0.1, -0.05) is 18.2 Å². The first-order valence-corrected chi connectivity index (χ1v) is 7.37. The predicted octanol–water partition coefficient (Wildman–Crippen LogP) is 4.51. The van der Waals surface area contributed by atoms with Crippen LogP contribution < -0.4 is 5.32 Å². The number of rotatable bonds is 3. The molecular formula is C14H13F3IN3. The third-order valence-corrected chi connectivity index (χ3v) is 4.13. The summed E-state index contributed by atoms with van der Waals surface area (Å²) in [6, 6.07) is 5.34. The van der Waals surface area contributed by atoms with Gasteiger partial charge in [0.15, 0.2) is 5.82 Å². The summed E-state index contributed by atoms with van der Waals surface area (Å²) in [4.78, 5) is 8.44. The molecule has 2 rings (SSSR count). The van der Waals surface area contributed by atoms with Crippen LogP contribution in [-0.4, -0.2) is 16.5 Å². The summed E-state index contributed by atoms with van der Waals surface area (Å²) >= 11 is 2.08. The first-order chi connectivity index (χ1) is 9.84. The first kappa shape index (κ1) is 16.0. The lowest BCUT2D eigenvalue weighted by Crippen LogP contribution is -2.10. The van der Waals surface area contributed by atoms with Crippen LogP contribution in [0.1, 0.15) is 18.2 Å². The molecule has 0 aliphatic rings. The summed E-state index contributed by atoms with van der Waals surface area (Å²) < 4.78 is 40.1. The van der Waals surface area contributed by atoms with Crippen molar-refractivity contribution in [2.75, 3.05) is 11.9 Å². The van der Waals surface area contributed by atoms with Gasteiger partial charge in [0.1, 0.15) is 5.82 Å². The van der Waals surface area contributed by atoms with E-state index in [1.807, 2.05) is 6.92 Å². The van der Waals surface area contributed by atoms with Crippen molar-refractivity contribution in [3.63, 3.8) is 0 Å². The van der Waals surface area contributed by atoms with Crippen molar-refractivity contribution >= 4 is 28.4 Å². The Bertz CT molecular complexity index is 656. The third kappa shape index (κ3) is 3.45. The van der Waals surface area contributed by atoms with Gasteiger partial charge in [-0.3, -0.25) is 0 Å². The highest BCUT2D eigenvalue weighted by Crippen LogP contribution is 2.36. The Labute approximate surface area is 134 Å². The van der Waals surface area contributed by atoms with E-state index in [2.05, 4.69) is 37.9 Å². The molecule has 1 N–H and O–H groups in total. The smallest absolute Gasteiger partial charge is 0.369 e. The average molecular weight is 407 g/mol. The second-order valence-electron chi connectivity index (χ2n) is 4.37. The van der Waals surface area contributed by atoms with Crippen LogP contribution in [0.15, 0.2) is 24.3 Å². The van der Waals surface area contributed by atoms with Crippen molar-refractivity contribution in [1.82, 2.24) is 9.97 Å². The van der Waals surface area contributed by atoms with Gasteiger partial charge >= 0.3 is 6.18 Å². The van der Waals surface area contributed by atoms with Gasteiger partial charge in [0.2, 0.25) is 0 Å². The van der Waals surface area contributed by atoms with Gasteiger partial charge in [0, 0.05) is 12.1 Å². The largest absolute Gasteiger partial charge is 0.417 e. The Morgan fingerprint density at radius 1 is 1.19 bits per heavy atom. The summed E-state index contributed by atoms with van der Waals surface area (Å²) in [6.07, 6.45) is -4.44. The number of alkyl halides is 3. The van der Waals surface area contributed by atoms with E-state index < -0.39 is 11.7 Å². The van der Waals surface area contributed by atoms with Crippen LogP contribution in [0, 0.1) is 10.5 Å². The zero-order chi connectivity index (χ0) is 15.6. The molecule has 7 heteroatoms. The topological polar surface area (TPSA) is 37.8 Å². The summed E-state index contributed by atoms with van der Waals surface area (Å²) in [5.74, 6) is 0.634. The number of aromatic nitrogens is 2. The number of nitrogens with one attached hydrogen (secondary N) is 1. The number of nitrogens with zero attached hydrogens (tertiary/aromatic N) is 2. The number of hydrogen-bond donors (Lipinski definition) is 1. The van der Waals surface area contributed by atoms with E-state index in [9.17, 15) is 13.2 Å². The fourth-order valence-corrected chi connectivity index (χ4v) is 2.32. The van der Waals surface area contributed by atoms with Gasteiger partial charge < -0.3 is 5.32 Å². The minimum Gasteiger partial charge on any atom is -0.369 e. The van der Waals surface area contributed by atoms with E-state index in [-0.39, 0.29) is 11.4 Å². The monoisotopic (exact) mass is 407 g/mol. The van der Waals surface area contributed by atoms with E-state index >= 15 is 0 Å². The van der Waals surface area contributed by atoms with Crippen LogP contribution >= 0.6 is 22.6 Å². The summed E-state index contributed by atoms with van der Waals surface area (Å²) in [6.45, 7) is 4.29. The first-order valence-electron chi connectivity index (χ1n) is 6.29. The van der Waals surface area contributed by atoms with E-state index in [1.54, 1.807) is 13.0 Å². The summed E-state index contributed by atoms with van der Waals surface area (Å²) in [5.41, 5.74) is -0.0924. The van der Waals surface area contributed by atoms with Gasteiger partial charge in [-0.2, -0.15) is 13.2 Å². The molecule has 0 bridgehead atoms. The molecule has 0 aliphatic heterocycles. The summed E-state index contributed by atoms with van der Waals surface area (Å²) in [5, 5.41) is 3.05. The lowest BCUT2D eigenvalue weighted by atomic mass is 10.1. The van der Waals surface area contributed by atoms with Crippen LogP contribution in [-0.2, 0) is 6.18 Å². The molecule has 0 fully saturated rings. The zero-order valence-electron chi connectivity index (χ0n) is 11.4. The number of anilines is 1. The molecule has 0 saturated heterocycles. The molecule has 0 saturated carbocycles. The van der Waals surface area contributed by atoms with Crippen molar-refractivity contribution in [2.24, 2.45) is 0 Å². The number of benzene rings is 1. The number of halogens is 4. The second kappa shape index (κ2) is 6.17. The maximum absolute atomic E-state index is 13.1. The van der Waals surface area contributed by atoms with Gasteiger partial charge in [0.25, 0.3) is 0 Å². The minimum atomic E-state index is -4.44. The van der Waals surface area contributed by atoms with E-state index in [0.717, 1.165) is 9.64 Å². The van der Waals surface area contributed by atoms with E-state index in [4.69, 9.17) is 0 Å². The standard InChI is InChI=1S/C14H13F3IN3/c1-3-19-13-11(18)8(2)20-12(21-13)9-6-4-5-7-10(9)14(15,16)17/h4-7H,3H2,1-2H3,(H,19,20,21). The molecule has 1 aromatic heterocycles. The molecule has 112 valence electrons. The Kier molecular flexibility index (Phi) is 4.70. The molecule has 0 aliphatic carbocycles. The zero-order valence-corrected chi connectivity index (χ0v) is 13.6. The van der Waals surface area contributed by atoms with Crippen molar-refractivity contribution in [2.45, 2.75) is 20.0 Å². The highest BCUT2D eigenvalue weighted by atomic mass is 127. The Balaban J connectivity index is 2.63. The van der Waals surface area contributed by atoms with Gasteiger partial charge in [0.05, 0.1) is 14.8 Å². The van der Waals surface area contributed by atoms with Gasteiger partial charge in [-0.25, -0.2) is 9.97 Å². The Morgan fingerprint density at radius 2 is 1.86 bits per heavy atom. The number of aryl methyl sites for hydroxylation is 1. The molecule has 1 aromatic carbocycles. The van der Waals surface area contributed by atoms with E-state index in [0.29, 0.717) is 18.1 Å². The molecule has 0 amide bonds. The molecular weight excluding hydrogens is 394 g/mol. The lowest BCUT2D eigenvalue weighted by molar-refractivity contribution is -0.137. The Morgan fingerprint density at radius 3 is 2.48 bits per heavy atom. The van der Waals surface area contributed by atoms with Crippen molar-refractivity contribution in [3.05, 3.63) is 39.1 Å². The van der Waals surface area contributed by atoms with Crippen LogP contribution in [0.4, 0.5) is 19.0 Å². The highest BCUT2D eigenvalue weighted by Gasteiger charge is 2.34. The van der Waals surface area contributed by atoms with Crippen molar-refractivity contribution in [3.8, 4) is 11.4 Å². The Hall–Kier alpha value is -1.38. The molecule has 3 nitrogen and oxygen atoms in total. The minimum absolute atomic E-state index is 0.0105. The molecule has 0 spiro atoms. The lowest BCUT2D eigenvalue weighted by Gasteiger charge is -2.14. The predicted molar refractivity (Wildman–Crippen MR) is 84.1 cm³/mol. The molecule has 1 heterocycles. The molecule has 0 unspecified atom stereocenters.